The molecule has 132 valence electrons. The molecule has 0 aliphatic heterocycles. The Labute approximate surface area is 146 Å². The number of hydrogen-bond donors (Lipinski definition) is 2. The van der Waals surface area contributed by atoms with Crippen molar-refractivity contribution < 1.29 is 14.5 Å². The van der Waals surface area contributed by atoms with E-state index in [9.17, 15) is 14.9 Å². The largest absolute Gasteiger partial charge is 0.487 e. The second-order valence-electron chi connectivity index (χ2n) is 5.40. The van der Waals surface area contributed by atoms with Gasteiger partial charge in [0.05, 0.1) is 11.5 Å². The molecule has 25 heavy (non-hydrogen) atoms. The van der Waals surface area contributed by atoms with Crippen LogP contribution >= 0.6 is 0 Å². The molecule has 2 N–H and O–H groups in total. The molecule has 2 aromatic carbocycles. The second-order valence-corrected chi connectivity index (χ2v) is 5.40. The maximum Gasteiger partial charge on any atom is 0.333 e. The fourth-order valence-corrected chi connectivity index (χ4v) is 2.42. The van der Waals surface area contributed by atoms with Gasteiger partial charge < -0.3 is 15.4 Å². The average Bonchev–Trinajstić information content (AvgIpc) is 2.56. The zero-order valence-corrected chi connectivity index (χ0v) is 14.2. The third-order valence-corrected chi connectivity index (χ3v) is 3.48. The van der Waals surface area contributed by atoms with Gasteiger partial charge in [0.2, 0.25) is 5.91 Å². The maximum atomic E-state index is 11.3. The normalized spacial score (nSPS) is 10.2. The van der Waals surface area contributed by atoms with Crippen LogP contribution in [0.25, 0.3) is 0 Å². The molecule has 1 amide bonds. The minimum Gasteiger partial charge on any atom is -0.487 e. The van der Waals surface area contributed by atoms with Crippen molar-refractivity contribution >= 4 is 23.0 Å². The Balaban J connectivity index is 2.00. The number of nitrogens with one attached hydrogen (secondary N) is 2. The van der Waals surface area contributed by atoms with Crippen molar-refractivity contribution in [3.05, 3.63) is 58.1 Å². The summed E-state index contributed by atoms with van der Waals surface area (Å²) in [4.78, 5) is 21.9. The summed E-state index contributed by atoms with van der Waals surface area (Å²) >= 11 is 0. The van der Waals surface area contributed by atoms with Crippen molar-refractivity contribution in [2.75, 3.05) is 23.8 Å². The number of nitro groups is 1. The first-order valence-electron chi connectivity index (χ1n) is 8.02. The Kier molecular flexibility index (Phi) is 6.33. The number of amides is 1. The Morgan fingerprint density at radius 2 is 1.92 bits per heavy atom. The quantitative estimate of drug-likeness (QED) is 0.564. The van der Waals surface area contributed by atoms with Crippen molar-refractivity contribution in [1.82, 2.24) is 0 Å². The topological polar surface area (TPSA) is 93.5 Å². The highest BCUT2D eigenvalue weighted by molar-refractivity contribution is 5.88. The third-order valence-electron chi connectivity index (χ3n) is 3.48. The van der Waals surface area contributed by atoms with Gasteiger partial charge in [0.1, 0.15) is 5.69 Å². The van der Waals surface area contributed by atoms with Gasteiger partial charge in [-0.2, -0.15) is 0 Å². The van der Waals surface area contributed by atoms with Crippen molar-refractivity contribution in [2.45, 2.75) is 20.3 Å². The Hall–Kier alpha value is -3.09. The van der Waals surface area contributed by atoms with Crippen molar-refractivity contribution in [1.29, 1.82) is 0 Å². The van der Waals surface area contributed by atoms with Crippen LogP contribution in [0.15, 0.2) is 42.5 Å². The number of anilines is 2. The Morgan fingerprint density at radius 1 is 1.20 bits per heavy atom. The van der Waals surface area contributed by atoms with Gasteiger partial charge in [-0.1, -0.05) is 18.2 Å². The first-order chi connectivity index (χ1) is 12.0. The molecule has 2 rings (SSSR count). The molecular weight excluding hydrogens is 322 g/mol. The van der Waals surface area contributed by atoms with E-state index in [2.05, 4.69) is 10.6 Å². The van der Waals surface area contributed by atoms with E-state index < -0.39 is 4.92 Å². The number of nitrogens with zero attached hydrogens (tertiary/aromatic N) is 1. The fourth-order valence-electron chi connectivity index (χ4n) is 2.42. The van der Waals surface area contributed by atoms with E-state index in [1.54, 1.807) is 25.1 Å². The van der Waals surface area contributed by atoms with Gasteiger partial charge in [0.25, 0.3) is 0 Å². The molecule has 0 fully saturated rings. The van der Waals surface area contributed by atoms with Crippen LogP contribution in [0.2, 0.25) is 0 Å². The number of carbonyl (C=O) groups excluding carboxylic acids is 1. The minimum atomic E-state index is -0.435. The molecule has 2 aromatic rings. The van der Waals surface area contributed by atoms with Crippen LogP contribution < -0.4 is 15.4 Å². The molecule has 0 atom stereocenters. The second kappa shape index (κ2) is 8.68. The molecule has 0 aliphatic carbocycles. The van der Waals surface area contributed by atoms with Crippen LogP contribution in [-0.4, -0.2) is 24.0 Å². The lowest BCUT2D eigenvalue weighted by molar-refractivity contribution is -0.384. The summed E-state index contributed by atoms with van der Waals surface area (Å²) in [5.74, 6) is 0.146. The number of hydrogen-bond acceptors (Lipinski definition) is 5. The summed E-state index contributed by atoms with van der Waals surface area (Å²) in [6.45, 7) is 4.15. The standard InChI is InChI=1S/C18H21N3O4/c1-3-25-17-6-4-5-16(18(17)21(23)24)19-12-11-14-7-9-15(10-8-14)20-13(2)22/h4-10,19H,3,11-12H2,1-2H3,(H,20,22). The first-order valence-corrected chi connectivity index (χ1v) is 8.02. The van der Waals surface area contributed by atoms with E-state index in [-0.39, 0.29) is 17.3 Å². The number of nitro benzene ring substituents is 1. The predicted octanol–water partition coefficient (Wildman–Crippen LogP) is 3.61. The van der Waals surface area contributed by atoms with Crippen LogP contribution in [0.5, 0.6) is 5.75 Å². The molecule has 7 nitrogen and oxygen atoms in total. The molecule has 0 saturated heterocycles. The molecule has 0 unspecified atom stereocenters. The maximum absolute atomic E-state index is 11.3. The lowest BCUT2D eigenvalue weighted by atomic mass is 10.1. The number of benzene rings is 2. The molecule has 0 radical (unpaired) electrons. The highest BCUT2D eigenvalue weighted by atomic mass is 16.6. The fraction of sp³-hybridized carbons (Fsp3) is 0.278. The lowest BCUT2D eigenvalue weighted by Crippen LogP contribution is -2.08. The van der Waals surface area contributed by atoms with E-state index in [0.717, 1.165) is 11.3 Å². The van der Waals surface area contributed by atoms with E-state index in [0.29, 0.717) is 25.3 Å². The van der Waals surface area contributed by atoms with Gasteiger partial charge in [0.15, 0.2) is 5.75 Å². The van der Waals surface area contributed by atoms with E-state index in [1.807, 2.05) is 24.3 Å². The molecule has 0 bridgehead atoms. The van der Waals surface area contributed by atoms with Crippen LogP contribution in [0.4, 0.5) is 17.1 Å². The van der Waals surface area contributed by atoms with Crippen LogP contribution in [0, 0.1) is 10.1 Å². The van der Waals surface area contributed by atoms with Crippen molar-refractivity contribution in [3.8, 4) is 5.75 Å². The van der Waals surface area contributed by atoms with Gasteiger partial charge in [-0.3, -0.25) is 14.9 Å². The number of ether oxygens (including phenoxy) is 1. The molecule has 0 saturated carbocycles. The van der Waals surface area contributed by atoms with E-state index in [1.165, 1.54) is 6.92 Å². The number of rotatable bonds is 8. The third kappa shape index (κ3) is 5.20. The van der Waals surface area contributed by atoms with Gasteiger partial charge in [-0.25, -0.2) is 0 Å². The SMILES string of the molecule is CCOc1cccc(NCCc2ccc(NC(C)=O)cc2)c1[N+](=O)[O-]. The van der Waals surface area contributed by atoms with Gasteiger partial charge in [-0.15, -0.1) is 0 Å². The van der Waals surface area contributed by atoms with Gasteiger partial charge in [0, 0.05) is 19.2 Å². The smallest absolute Gasteiger partial charge is 0.333 e. The monoisotopic (exact) mass is 343 g/mol. The summed E-state index contributed by atoms with van der Waals surface area (Å²) in [5, 5.41) is 17.1. The predicted molar refractivity (Wildman–Crippen MR) is 97.2 cm³/mol. The van der Waals surface area contributed by atoms with Crippen molar-refractivity contribution in [3.63, 3.8) is 0 Å². The zero-order valence-electron chi connectivity index (χ0n) is 14.2. The summed E-state index contributed by atoms with van der Waals surface area (Å²) in [7, 11) is 0. The molecule has 0 spiro atoms. The first kappa shape index (κ1) is 18.3. The molecule has 0 heterocycles. The summed E-state index contributed by atoms with van der Waals surface area (Å²) < 4.78 is 5.33. The zero-order chi connectivity index (χ0) is 18.2. The van der Waals surface area contributed by atoms with Crippen LogP contribution in [0.3, 0.4) is 0 Å². The molecular formula is C18H21N3O4. The minimum absolute atomic E-state index is 0.0506. The molecule has 0 aliphatic rings. The summed E-state index contributed by atoms with van der Waals surface area (Å²) in [5.41, 5.74) is 2.19. The summed E-state index contributed by atoms with van der Waals surface area (Å²) in [6, 6.07) is 12.5. The van der Waals surface area contributed by atoms with E-state index in [4.69, 9.17) is 4.74 Å². The van der Waals surface area contributed by atoms with Crippen LogP contribution in [0.1, 0.15) is 19.4 Å². The lowest BCUT2D eigenvalue weighted by Gasteiger charge is -2.10. The highest BCUT2D eigenvalue weighted by Gasteiger charge is 2.20. The Bertz CT molecular complexity index is 744. The van der Waals surface area contributed by atoms with Crippen LogP contribution in [-0.2, 0) is 11.2 Å². The Morgan fingerprint density at radius 3 is 2.52 bits per heavy atom. The number of para-hydroxylation sites is 1. The van der Waals surface area contributed by atoms with Gasteiger partial charge >= 0.3 is 5.69 Å². The van der Waals surface area contributed by atoms with Crippen molar-refractivity contribution in [2.24, 2.45) is 0 Å². The van der Waals surface area contributed by atoms with E-state index >= 15 is 0 Å². The molecule has 0 aromatic heterocycles. The average molecular weight is 343 g/mol. The molecule has 7 heteroatoms. The van der Waals surface area contributed by atoms with Gasteiger partial charge in [-0.05, 0) is 43.2 Å². The summed E-state index contributed by atoms with van der Waals surface area (Å²) in [6.07, 6.45) is 0.691. The number of carbonyl (C=O) groups is 1. The highest BCUT2D eigenvalue weighted by Crippen LogP contribution is 2.34.